The Morgan fingerprint density at radius 3 is 1.38 bits per heavy atom. The number of hydrogen-bond acceptors (Lipinski definition) is 22. The average Bonchev–Trinajstić information content (AvgIpc) is 3.45. The van der Waals surface area contributed by atoms with Crippen molar-refractivity contribution in [3.05, 3.63) is 60.7 Å². The molecule has 25 nitrogen and oxygen atoms in total. The quantitative estimate of drug-likeness (QED) is 0.0180. The molecule has 0 radical (unpaired) electrons. The third kappa shape index (κ3) is 43.8. The van der Waals surface area contributed by atoms with Crippen molar-refractivity contribution in [2.75, 3.05) is 76.9 Å². The van der Waals surface area contributed by atoms with Gasteiger partial charge in [0.15, 0.2) is 12.7 Å². The van der Waals surface area contributed by atoms with E-state index in [4.69, 9.17) is 55.2 Å². The number of benzene rings is 2. The number of ether oxygens (including phenoxy) is 4. The number of para-hydroxylation sites is 2. The van der Waals surface area contributed by atoms with Crippen molar-refractivity contribution in [3.8, 4) is 11.5 Å². The first-order chi connectivity index (χ1) is 38.7. The lowest BCUT2D eigenvalue weighted by atomic mass is 10.3. The van der Waals surface area contributed by atoms with Crippen LogP contribution in [0.4, 0.5) is 0 Å². The molecular weight excluding hydrogens is 1320 g/mol. The van der Waals surface area contributed by atoms with Gasteiger partial charge in [0, 0.05) is 31.3 Å². The van der Waals surface area contributed by atoms with E-state index in [0.717, 1.165) is 32.1 Å². The van der Waals surface area contributed by atoms with Gasteiger partial charge in [-0.2, -0.15) is 0 Å². The molecule has 82 heavy (non-hydrogen) atoms. The van der Waals surface area contributed by atoms with Crippen LogP contribution in [0.15, 0.2) is 60.7 Å². The average molecular weight is 1420 g/mol. The van der Waals surface area contributed by atoms with E-state index in [1.54, 1.807) is 77.9 Å². The SMILES string of the molecule is CCCCP(=O)(N[C@H](C)C(=O)OCC)Oc1ccccc1.CCCCP(=O)(O)Oc1ccccc1.CCCCP(=O)(OP)O[C@H](C)C(=O)OCC.CCOC(=O)COP(=O)(CCCN)OI.CCOC(=O)[C@@H](C)NP(=O)(CCCN)OP. The maximum atomic E-state index is 12.9. The van der Waals surface area contributed by atoms with Gasteiger partial charge in [0.05, 0.1) is 44.9 Å². The van der Waals surface area contributed by atoms with Crippen LogP contribution in [0, 0.1) is 0 Å². The van der Waals surface area contributed by atoms with E-state index in [0.29, 0.717) is 69.4 Å². The molecule has 0 fully saturated rings. The predicted octanol–water partition coefficient (Wildman–Crippen LogP) is 11.8. The van der Waals surface area contributed by atoms with Crippen molar-refractivity contribution in [1.29, 1.82) is 0 Å². The zero-order valence-electron chi connectivity index (χ0n) is 49.2. The molecule has 0 aromatic heterocycles. The third-order valence-electron chi connectivity index (χ3n) is 9.78. The third-order valence-corrected chi connectivity index (χ3v) is 22.6. The molecule has 0 saturated carbocycles. The summed E-state index contributed by atoms with van der Waals surface area (Å²) in [5.41, 5.74) is 10.6. The number of carbonyl (C=O) groups excluding carboxylic acids is 4. The van der Waals surface area contributed by atoms with E-state index in [1.165, 1.54) is 29.9 Å². The highest BCUT2D eigenvalue weighted by Crippen LogP contribution is 2.53. The second-order valence-electron chi connectivity index (χ2n) is 17.0. The van der Waals surface area contributed by atoms with Gasteiger partial charge in [0.25, 0.3) is 7.52 Å². The Hall–Kier alpha value is -1.74. The van der Waals surface area contributed by atoms with Gasteiger partial charge in [0.2, 0.25) is 0 Å². The van der Waals surface area contributed by atoms with Crippen LogP contribution in [0.1, 0.15) is 121 Å². The first-order valence-corrected chi connectivity index (χ1v) is 37.5. The zero-order valence-corrected chi connectivity index (χ0v) is 58.1. The van der Waals surface area contributed by atoms with Crippen molar-refractivity contribution in [2.24, 2.45) is 11.5 Å². The molecular formula is C49H94IN4O21P7. The molecule has 0 aliphatic heterocycles. The molecule has 7 unspecified atom stereocenters. The number of carbonyl (C=O) groups is 4. The van der Waals surface area contributed by atoms with Gasteiger partial charge in [-0.25, -0.2) is 27.2 Å². The van der Waals surface area contributed by atoms with Crippen LogP contribution in [-0.4, -0.2) is 124 Å². The molecule has 478 valence electrons. The number of unbranched alkanes of at least 4 members (excludes halogenated alkanes) is 3. The Bertz CT molecular complexity index is 2200. The highest BCUT2D eigenvalue weighted by molar-refractivity contribution is 14.1. The molecule has 2 rings (SSSR count). The van der Waals surface area contributed by atoms with Crippen molar-refractivity contribution in [2.45, 2.75) is 139 Å². The minimum atomic E-state index is -3.43. The Kier molecular flexibility index (Phi) is 51.8. The number of nitrogens with one attached hydrogen (secondary N) is 2. The number of esters is 4. The van der Waals surface area contributed by atoms with Crippen LogP contribution in [0.25, 0.3) is 0 Å². The highest BCUT2D eigenvalue weighted by atomic mass is 127. The van der Waals surface area contributed by atoms with E-state index in [1.807, 2.05) is 64.0 Å². The summed E-state index contributed by atoms with van der Waals surface area (Å²) in [5.74, 6) is -0.974. The topological polar surface area (TPSA) is 351 Å². The molecule has 0 saturated heterocycles. The first kappa shape index (κ1) is 84.5. The predicted molar refractivity (Wildman–Crippen MR) is 336 cm³/mol. The van der Waals surface area contributed by atoms with Crippen molar-refractivity contribution in [3.63, 3.8) is 0 Å². The lowest BCUT2D eigenvalue weighted by molar-refractivity contribution is -0.151. The fraction of sp³-hybridized carbons (Fsp3) is 0.673. The van der Waals surface area contributed by atoms with E-state index < -0.39 is 79.9 Å². The van der Waals surface area contributed by atoms with Gasteiger partial charge in [-0.1, -0.05) is 76.4 Å². The number of nitrogens with two attached hydrogens (primary N) is 2. The summed E-state index contributed by atoms with van der Waals surface area (Å²) in [6, 6.07) is 16.4. The normalized spacial score (nSPS) is 15.5. The maximum Gasteiger partial charge on any atom is 0.376 e. The Balaban J connectivity index is -0.000000959. The highest BCUT2D eigenvalue weighted by Gasteiger charge is 2.32. The molecule has 0 aliphatic rings. The smallest absolute Gasteiger partial charge is 0.376 e. The minimum absolute atomic E-state index is 0.200. The molecule has 33 heteroatoms. The Labute approximate surface area is 505 Å². The largest absolute Gasteiger partial charge is 0.465 e. The number of halogens is 1. The van der Waals surface area contributed by atoms with Crippen LogP contribution in [-0.2, 0) is 81.5 Å². The van der Waals surface area contributed by atoms with Crippen LogP contribution < -0.4 is 30.7 Å². The summed E-state index contributed by atoms with van der Waals surface area (Å²) in [7, 11) is -12.1. The summed E-state index contributed by atoms with van der Waals surface area (Å²) < 4.78 is 114. The first-order valence-electron chi connectivity index (χ1n) is 26.9. The second kappa shape index (κ2) is 50.3. The maximum absolute atomic E-state index is 12.9. The molecule has 0 amide bonds. The van der Waals surface area contributed by atoms with E-state index >= 15 is 0 Å². The van der Waals surface area contributed by atoms with Gasteiger partial charge < -0.3 is 48.7 Å². The van der Waals surface area contributed by atoms with Crippen molar-refractivity contribution >= 4 is 104 Å². The Morgan fingerprint density at radius 1 is 0.549 bits per heavy atom. The number of hydrogen-bond donors (Lipinski definition) is 5. The summed E-state index contributed by atoms with van der Waals surface area (Å²) in [5, 5.41) is 5.46. The van der Waals surface area contributed by atoms with Crippen LogP contribution >= 0.6 is 79.8 Å². The molecule has 10 atom stereocenters. The molecule has 0 aliphatic carbocycles. The molecule has 7 N–H and O–H groups in total. The molecule has 2 aromatic carbocycles. The molecule has 0 spiro atoms. The van der Waals surface area contributed by atoms with Gasteiger partial charge in [0.1, 0.15) is 46.6 Å². The molecule has 0 bridgehead atoms. The van der Waals surface area contributed by atoms with Gasteiger partial charge in [-0.05, 0) is 118 Å². The van der Waals surface area contributed by atoms with Crippen molar-refractivity contribution < 1.29 is 95.4 Å². The fourth-order valence-corrected chi connectivity index (χ4v) is 15.2. The van der Waals surface area contributed by atoms with E-state index in [9.17, 15) is 46.9 Å². The van der Waals surface area contributed by atoms with E-state index in [-0.39, 0.29) is 38.3 Å². The fourth-order valence-electron chi connectivity index (χ4n) is 5.66. The monoisotopic (exact) mass is 1420 g/mol. The minimum Gasteiger partial charge on any atom is -0.465 e. The van der Waals surface area contributed by atoms with Gasteiger partial charge in [-0.15, -0.1) is 0 Å². The van der Waals surface area contributed by atoms with Crippen molar-refractivity contribution in [1.82, 2.24) is 10.2 Å². The van der Waals surface area contributed by atoms with E-state index in [2.05, 4.69) is 14.9 Å². The van der Waals surface area contributed by atoms with Crippen LogP contribution in [0.5, 0.6) is 11.5 Å². The summed E-state index contributed by atoms with van der Waals surface area (Å²) in [4.78, 5) is 54.6. The second-order valence-corrected chi connectivity index (χ2v) is 30.0. The van der Waals surface area contributed by atoms with Crippen LogP contribution in [0.3, 0.4) is 0 Å². The standard InChI is InChI=1S/C15H24NO4P.C10H15O3P.C9H20O5P2.C8H20N2O4P2.C7H15INO5P/c1-4-6-12-21(18,16-13(3)15(17)19-5-2)20-14-10-8-7-9-11-14;1-2-3-9-14(11,12)13-10-7-5-4-6-8-10;1-4-6-7-16(11,14-15)13-8(3)9(10)12-5-2;1-3-13-8(11)7(2)10-16(12,14-15)6-4-5-9;1-2-12-7(10)6-13-15(11,14-8)5-3-4-9/h7-11,13H,4-6,12H2,1-3H3,(H,16,18);4-8H,2-3,9H2,1H3,(H,11,12);8H,4-7,15H2,1-3H3;7H,3-6,9,15H2,1-2H3,(H,10,12);2-6,9H2,1H3/t13-,21?;;8-,16?;7-,16?;/m1.11./s1. The van der Waals surface area contributed by atoms with Gasteiger partial charge in [-0.3, -0.25) is 41.2 Å². The van der Waals surface area contributed by atoms with Crippen LogP contribution in [0.2, 0.25) is 0 Å². The zero-order chi connectivity index (χ0) is 63.1. The van der Waals surface area contributed by atoms with Gasteiger partial charge >= 0.3 is 54.2 Å². The lowest BCUT2D eigenvalue weighted by Crippen LogP contribution is -2.35. The molecule has 0 heterocycles. The lowest BCUT2D eigenvalue weighted by Gasteiger charge is -2.23. The Morgan fingerprint density at radius 2 is 0.951 bits per heavy atom. The molecule has 2 aromatic rings. The summed E-state index contributed by atoms with van der Waals surface area (Å²) >= 11 is 1.49. The summed E-state index contributed by atoms with van der Waals surface area (Å²) in [6.07, 6.45) is 6.46. The summed E-state index contributed by atoms with van der Waals surface area (Å²) in [6.45, 7) is 19.1. The number of rotatable bonds is 38.